The maximum Gasteiger partial charge on any atom is 0.389 e. The Morgan fingerprint density at radius 3 is 2.38 bits per heavy atom. The highest BCUT2D eigenvalue weighted by atomic mass is 19.4. The molecule has 216 valence electrons. The zero-order valence-electron chi connectivity index (χ0n) is 22.4. The molecular weight excluding hydrogens is 529 g/mol. The average molecular weight is 562 g/mol. The molecule has 1 N–H and O–H groups in total. The fourth-order valence-corrected chi connectivity index (χ4v) is 3.91. The molecular formula is C28H32F3N4O5-. The van der Waals surface area contributed by atoms with Gasteiger partial charge in [-0.15, -0.1) is 5.10 Å². The van der Waals surface area contributed by atoms with Crippen LogP contribution in [0.5, 0.6) is 5.75 Å². The lowest BCUT2D eigenvalue weighted by Gasteiger charge is -2.27. The van der Waals surface area contributed by atoms with Crippen LogP contribution in [0.25, 0.3) is 0 Å². The van der Waals surface area contributed by atoms with Crippen LogP contribution >= 0.6 is 0 Å². The van der Waals surface area contributed by atoms with Crippen molar-refractivity contribution in [2.75, 3.05) is 11.9 Å². The number of alkyl halides is 3. The van der Waals surface area contributed by atoms with Crippen LogP contribution < -0.4 is 26.4 Å². The number of nitrogens with one attached hydrogen (secondary N) is 1. The topological polar surface area (TPSA) is 118 Å². The summed E-state index contributed by atoms with van der Waals surface area (Å²) in [5, 5.41) is 18.2. The molecule has 0 aliphatic rings. The standard InChI is InChI=1S/C28H33F3N4O5/c1-27(2,25(37)38)40-22-14-8-13-20(18-22)10-6-7-16-32-23-24(36)34(19-21-11-4-3-5-12-21)26(39)35(33-23)17-9-15-28(29,30)31/h3-5,8,11-14,18H,6-7,9-10,15-17,19H2,1-2H3,(H,32,33)(H,37,38)/p-1. The van der Waals surface area contributed by atoms with Gasteiger partial charge in [-0.2, -0.15) is 13.2 Å². The molecule has 40 heavy (non-hydrogen) atoms. The van der Waals surface area contributed by atoms with Crippen molar-refractivity contribution in [3.63, 3.8) is 0 Å². The summed E-state index contributed by atoms with van der Waals surface area (Å²) in [6.07, 6.45) is -3.82. The van der Waals surface area contributed by atoms with Crippen molar-refractivity contribution in [2.24, 2.45) is 0 Å². The minimum atomic E-state index is -4.36. The molecule has 1 aromatic heterocycles. The lowest BCUT2D eigenvalue weighted by Crippen LogP contribution is -2.47. The van der Waals surface area contributed by atoms with E-state index in [1.54, 1.807) is 48.5 Å². The van der Waals surface area contributed by atoms with Gasteiger partial charge in [0.15, 0.2) is 0 Å². The van der Waals surface area contributed by atoms with E-state index < -0.39 is 35.4 Å². The number of ether oxygens (including phenoxy) is 1. The minimum absolute atomic E-state index is 0.0395. The second-order valence-electron chi connectivity index (χ2n) is 9.88. The number of halogens is 3. The number of anilines is 1. The van der Waals surface area contributed by atoms with Gasteiger partial charge >= 0.3 is 11.9 Å². The van der Waals surface area contributed by atoms with Crippen molar-refractivity contribution in [3.8, 4) is 5.75 Å². The van der Waals surface area contributed by atoms with Gasteiger partial charge in [-0.05, 0) is 62.8 Å². The molecule has 0 fully saturated rings. The second-order valence-corrected chi connectivity index (χ2v) is 9.88. The number of aliphatic carboxylic acids is 1. The zero-order valence-corrected chi connectivity index (χ0v) is 22.4. The number of carbonyl (C=O) groups is 1. The molecule has 0 radical (unpaired) electrons. The van der Waals surface area contributed by atoms with Crippen LogP contribution in [-0.4, -0.2) is 38.6 Å². The predicted molar refractivity (Wildman–Crippen MR) is 141 cm³/mol. The van der Waals surface area contributed by atoms with Crippen LogP contribution in [0.1, 0.15) is 50.7 Å². The molecule has 0 saturated heterocycles. The van der Waals surface area contributed by atoms with Gasteiger partial charge in [0.1, 0.15) is 11.4 Å². The highest BCUT2D eigenvalue weighted by Gasteiger charge is 2.26. The average Bonchev–Trinajstić information content (AvgIpc) is 2.88. The van der Waals surface area contributed by atoms with Crippen molar-refractivity contribution in [1.29, 1.82) is 0 Å². The van der Waals surface area contributed by atoms with Gasteiger partial charge in [-0.25, -0.2) is 9.48 Å². The second kappa shape index (κ2) is 13.3. The van der Waals surface area contributed by atoms with Crippen LogP contribution in [0, 0.1) is 0 Å². The van der Waals surface area contributed by atoms with Crippen molar-refractivity contribution >= 4 is 11.8 Å². The van der Waals surface area contributed by atoms with Gasteiger partial charge in [-0.1, -0.05) is 42.5 Å². The van der Waals surface area contributed by atoms with Gasteiger partial charge in [0.05, 0.1) is 12.5 Å². The molecule has 0 saturated carbocycles. The van der Waals surface area contributed by atoms with E-state index in [2.05, 4.69) is 10.4 Å². The van der Waals surface area contributed by atoms with Crippen LogP contribution in [0.2, 0.25) is 0 Å². The number of carboxylic acid groups (broad SMARTS) is 1. The molecule has 3 rings (SSSR count). The minimum Gasteiger partial charge on any atom is -0.546 e. The maximum absolute atomic E-state index is 13.0. The number of benzene rings is 2. The first-order valence-corrected chi connectivity index (χ1v) is 12.9. The van der Waals surface area contributed by atoms with E-state index in [9.17, 15) is 32.7 Å². The van der Waals surface area contributed by atoms with Gasteiger partial charge < -0.3 is 20.0 Å². The molecule has 0 aliphatic carbocycles. The first kappa shape index (κ1) is 30.5. The Kier molecular flexibility index (Phi) is 10.1. The van der Waals surface area contributed by atoms with E-state index in [4.69, 9.17) is 4.74 Å². The third kappa shape index (κ3) is 8.99. The summed E-state index contributed by atoms with van der Waals surface area (Å²) in [6, 6.07) is 15.8. The number of aromatic nitrogens is 3. The Labute approximate surface area is 229 Å². The molecule has 2 aromatic carbocycles. The number of hydrogen-bond acceptors (Lipinski definition) is 7. The Morgan fingerprint density at radius 1 is 1.00 bits per heavy atom. The van der Waals surface area contributed by atoms with Crippen LogP contribution in [-0.2, 0) is 24.3 Å². The zero-order chi connectivity index (χ0) is 29.3. The van der Waals surface area contributed by atoms with E-state index in [0.29, 0.717) is 37.1 Å². The monoisotopic (exact) mass is 561 g/mol. The number of rotatable bonds is 14. The molecule has 0 amide bonds. The van der Waals surface area contributed by atoms with Gasteiger partial charge in [-0.3, -0.25) is 9.36 Å². The van der Waals surface area contributed by atoms with Gasteiger partial charge in [0.25, 0.3) is 5.56 Å². The lowest BCUT2D eigenvalue weighted by atomic mass is 10.1. The van der Waals surface area contributed by atoms with Crippen molar-refractivity contribution in [2.45, 2.75) is 70.8 Å². The van der Waals surface area contributed by atoms with Crippen molar-refractivity contribution in [1.82, 2.24) is 14.3 Å². The summed E-state index contributed by atoms with van der Waals surface area (Å²) >= 11 is 0. The summed E-state index contributed by atoms with van der Waals surface area (Å²) in [5.41, 5.74) is -1.29. The summed E-state index contributed by atoms with van der Waals surface area (Å²) in [6.45, 7) is 2.82. The molecule has 9 nitrogen and oxygen atoms in total. The SMILES string of the molecule is CC(C)(Oc1cccc(CCCCNc2nn(CCCC(F)(F)F)c(=O)n(Cc3ccccc3)c2=O)c1)C(=O)[O-]. The van der Waals surface area contributed by atoms with E-state index in [1.807, 2.05) is 6.07 Å². The van der Waals surface area contributed by atoms with Crippen LogP contribution in [0.4, 0.5) is 19.0 Å². The number of hydrogen-bond donors (Lipinski definition) is 1. The van der Waals surface area contributed by atoms with Gasteiger partial charge in [0.2, 0.25) is 5.82 Å². The number of aryl methyl sites for hydroxylation is 2. The van der Waals surface area contributed by atoms with Crippen LogP contribution in [0.3, 0.4) is 0 Å². The quantitative estimate of drug-likeness (QED) is 0.301. The number of carboxylic acids is 1. The molecule has 0 spiro atoms. The molecule has 0 aliphatic heterocycles. The molecule has 1 heterocycles. The largest absolute Gasteiger partial charge is 0.546 e. The van der Waals surface area contributed by atoms with E-state index in [-0.39, 0.29) is 25.3 Å². The first-order valence-electron chi connectivity index (χ1n) is 12.9. The molecule has 0 atom stereocenters. The fraction of sp³-hybridized carbons (Fsp3) is 0.429. The summed E-state index contributed by atoms with van der Waals surface area (Å²) in [4.78, 5) is 37.1. The molecule has 0 bridgehead atoms. The van der Waals surface area contributed by atoms with Crippen molar-refractivity contribution in [3.05, 3.63) is 86.6 Å². The van der Waals surface area contributed by atoms with E-state index in [1.165, 1.54) is 13.8 Å². The summed E-state index contributed by atoms with van der Waals surface area (Å²) in [7, 11) is 0. The highest BCUT2D eigenvalue weighted by Crippen LogP contribution is 2.22. The Balaban J connectivity index is 1.66. The Hall–Kier alpha value is -4.09. The Morgan fingerprint density at radius 2 is 1.70 bits per heavy atom. The normalized spacial score (nSPS) is 11.8. The lowest BCUT2D eigenvalue weighted by molar-refractivity contribution is -0.320. The highest BCUT2D eigenvalue weighted by molar-refractivity contribution is 5.74. The predicted octanol–water partition coefficient (Wildman–Crippen LogP) is 3.14. The van der Waals surface area contributed by atoms with Crippen LogP contribution in [0.15, 0.2) is 64.2 Å². The molecule has 3 aromatic rings. The maximum atomic E-state index is 13.0. The number of nitrogens with zero attached hydrogens (tertiary/aromatic N) is 3. The number of unbranched alkanes of at least 4 members (excludes halogenated alkanes) is 1. The van der Waals surface area contributed by atoms with Gasteiger partial charge in [0, 0.05) is 19.5 Å². The fourth-order valence-electron chi connectivity index (χ4n) is 3.91. The first-order chi connectivity index (χ1) is 18.9. The third-order valence-corrected chi connectivity index (χ3v) is 6.08. The Bertz CT molecular complexity index is 1400. The number of carbonyl (C=O) groups excluding carboxylic acids is 1. The molecule has 12 heteroatoms. The summed E-state index contributed by atoms with van der Waals surface area (Å²) in [5.74, 6) is -1.03. The summed E-state index contributed by atoms with van der Waals surface area (Å²) < 4.78 is 45.3. The molecule has 0 unspecified atom stereocenters. The smallest absolute Gasteiger partial charge is 0.389 e. The third-order valence-electron chi connectivity index (χ3n) is 6.08. The van der Waals surface area contributed by atoms with E-state index in [0.717, 1.165) is 14.8 Å². The van der Waals surface area contributed by atoms with Crippen molar-refractivity contribution < 1.29 is 27.8 Å². The van der Waals surface area contributed by atoms with E-state index >= 15 is 0 Å².